The smallest absolute Gasteiger partial charge is 0.274 e. The summed E-state index contributed by atoms with van der Waals surface area (Å²) in [5.41, 5.74) is 6.75. The lowest BCUT2D eigenvalue weighted by molar-refractivity contribution is -0.671. The normalized spacial score (nSPS) is 16.0. The van der Waals surface area contributed by atoms with Crippen molar-refractivity contribution in [1.29, 1.82) is 5.41 Å². The molecule has 2 aliphatic rings. The first-order valence-corrected chi connectivity index (χ1v) is 15.3. The number of oxime groups is 1. The number of thioether (sulfide) groups is 2. The summed E-state index contributed by atoms with van der Waals surface area (Å²) in [6.07, 6.45) is 6.11. The Bertz CT molecular complexity index is 1570. The summed E-state index contributed by atoms with van der Waals surface area (Å²) in [4.78, 5) is 49.4. The maximum absolute atomic E-state index is 11.8. The molecular weight excluding hydrogens is 625 g/mol. The Hall–Kier alpha value is -4.13. The van der Waals surface area contributed by atoms with Gasteiger partial charge in [-0.1, -0.05) is 23.5 Å². The molecule has 5 rings (SSSR count). The highest BCUT2D eigenvalue weighted by molar-refractivity contribution is 8.07. The lowest BCUT2D eigenvalue weighted by Crippen LogP contribution is -2.55. The predicted octanol–water partition coefficient (Wildman–Crippen LogP) is 1.00. The van der Waals surface area contributed by atoms with Crippen LogP contribution in [0.4, 0.5) is 0 Å². The summed E-state index contributed by atoms with van der Waals surface area (Å²) < 4.78 is 11.3. The summed E-state index contributed by atoms with van der Waals surface area (Å²) in [5.74, 6) is -1.67. The second-order valence-corrected chi connectivity index (χ2v) is 12.4. The van der Waals surface area contributed by atoms with Crippen molar-refractivity contribution in [1.82, 2.24) is 19.2 Å². The number of aromatic nitrogens is 4. The van der Waals surface area contributed by atoms with Gasteiger partial charge in [0.1, 0.15) is 19.9 Å². The molecule has 2 amide bonds. The van der Waals surface area contributed by atoms with Crippen molar-refractivity contribution in [2.24, 2.45) is 17.9 Å². The van der Waals surface area contributed by atoms with Gasteiger partial charge in [-0.25, -0.2) is 14.5 Å². The van der Waals surface area contributed by atoms with Crippen LogP contribution in [0.1, 0.15) is 17.3 Å². The first-order chi connectivity index (χ1) is 20.2. The topological polar surface area (TPSA) is 201 Å². The van der Waals surface area contributed by atoms with Crippen LogP contribution in [0.5, 0.6) is 0 Å². The number of nitrogens with zero attached hydrogens (tertiary/aromatic N) is 6. The standard InChI is InChI=1S/C16H13N3O3S3.C8H9N5O3S/c1-18-4-2-9(3-5-18)10-7-24-16(17-10)25-11-8-23-13-6-12(20)19(13)14(11)15(21)22;1-2-16-12-6(7(10)14)8-11-5(17-13-8)3-15-4-9/h2-5,7,13H,6,8H2,1H3;2,4,9H,1,3H2,(H2,10,14)/b;9-4?,12-6+/t13-;/m1./s1. The zero-order valence-corrected chi connectivity index (χ0v) is 25.1. The number of pyridine rings is 1. The Morgan fingerprint density at radius 2 is 2.14 bits per heavy atom. The van der Waals surface area contributed by atoms with Crippen molar-refractivity contribution in [2.75, 3.05) is 5.75 Å². The molecular formula is C24H22N8O6S4. The predicted molar refractivity (Wildman–Crippen MR) is 155 cm³/mol. The first-order valence-electron chi connectivity index (χ1n) is 11.8. The quantitative estimate of drug-likeness (QED) is 0.0752. The van der Waals surface area contributed by atoms with Crippen molar-refractivity contribution in [3.8, 4) is 11.3 Å². The fraction of sp³-hybridized carbons (Fsp3) is 0.208. The number of β-lactam (4-membered cyclic amide) rings is 1. The minimum absolute atomic E-state index is 0.00786. The van der Waals surface area contributed by atoms with Crippen LogP contribution in [-0.2, 0) is 37.6 Å². The highest BCUT2D eigenvalue weighted by Crippen LogP contribution is 2.45. The summed E-state index contributed by atoms with van der Waals surface area (Å²) >= 11 is 5.36. The molecule has 0 bridgehead atoms. The SMILES string of the molecule is C=CO/N=C(\C(N)=O)c1nsc(COC=N)n1.C[n+]1ccc(-c2csc(SC3=C(C(=O)[O-])N4C(=O)C[C@H]4SC3)n2)cc1. The largest absolute Gasteiger partial charge is 0.543 e. The van der Waals surface area contributed by atoms with Crippen molar-refractivity contribution in [2.45, 2.75) is 22.7 Å². The maximum Gasteiger partial charge on any atom is 0.274 e. The Kier molecular flexibility index (Phi) is 10.4. The molecule has 1 saturated heterocycles. The monoisotopic (exact) mass is 646 g/mol. The van der Waals surface area contributed by atoms with Gasteiger partial charge in [-0.05, 0) is 11.5 Å². The number of carboxylic acids is 1. The van der Waals surface area contributed by atoms with Gasteiger partial charge in [-0.3, -0.25) is 19.9 Å². The number of aryl methyl sites for hydroxylation is 1. The molecule has 5 heterocycles. The average molecular weight is 647 g/mol. The van der Waals surface area contributed by atoms with Crippen LogP contribution in [0.2, 0.25) is 0 Å². The highest BCUT2D eigenvalue weighted by atomic mass is 32.2. The van der Waals surface area contributed by atoms with Crippen LogP contribution >= 0.6 is 46.4 Å². The number of carboxylic acid groups (broad SMARTS) is 1. The number of rotatable bonds is 11. The highest BCUT2D eigenvalue weighted by Gasteiger charge is 2.43. The minimum Gasteiger partial charge on any atom is -0.543 e. The van der Waals surface area contributed by atoms with Gasteiger partial charge in [-0.15, -0.1) is 23.1 Å². The van der Waals surface area contributed by atoms with Gasteiger partial charge < -0.3 is 25.2 Å². The van der Waals surface area contributed by atoms with Gasteiger partial charge in [0.15, 0.2) is 28.1 Å². The van der Waals surface area contributed by atoms with Gasteiger partial charge in [0, 0.05) is 33.7 Å². The molecule has 3 N–H and O–H groups in total. The van der Waals surface area contributed by atoms with Gasteiger partial charge in [0.05, 0.1) is 29.2 Å². The number of hydrogen-bond donors (Lipinski definition) is 2. The van der Waals surface area contributed by atoms with E-state index in [1.807, 2.05) is 41.5 Å². The van der Waals surface area contributed by atoms with E-state index in [0.29, 0.717) is 22.1 Å². The van der Waals surface area contributed by atoms with Crippen molar-refractivity contribution in [3.63, 3.8) is 0 Å². The third-order valence-electron chi connectivity index (χ3n) is 5.40. The lowest BCUT2D eigenvalue weighted by atomic mass is 10.1. The number of fused-ring (bicyclic) bond motifs is 1. The minimum atomic E-state index is -1.30. The van der Waals surface area contributed by atoms with Crippen molar-refractivity contribution < 1.29 is 33.6 Å². The second-order valence-electron chi connectivity index (χ2n) is 8.16. The number of nitrogens with one attached hydrogen (secondary N) is 1. The number of amides is 2. The average Bonchev–Trinajstić information content (AvgIpc) is 3.62. The summed E-state index contributed by atoms with van der Waals surface area (Å²) in [6.45, 7) is 3.36. The molecule has 0 aromatic carbocycles. The van der Waals surface area contributed by atoms with Gasteiger partial charge >= 0.3 is 0 Å². The van der Waals surface area contributed by atoms with Gasteiger partial charge in [-0.2, -0.15) is 4.37 Å². The van der Waals surface area contributed by atoms with Crippen molar-refractivity contribution >= 4 is 76.3 Å². The molecule has 0 aliphatic carbocycles. The van der Waals surface area contributed by atoms with E-state index in [1.54, 1.807) is 11.8 Å². The van der Waals surface area contributed by atoms with E-state index in [1.165, 1.54) is 28.0 Å². The van der Waals surface area contributed by atoms with E-state index in [4.69, 9.17) is 15.9 Å². The van der Waals surface area contributed by atoms with E-state index < -0.39 is 11.9 Å². The molecule has 2 aliphatic heterocycles. The van der Waals surface area contributed by atoms with Gasteiger partial charge in [0.2, 0.25) is 17.4 Å². The fourth-order valence-corrected chi connectivity index (χ4v) is 7.42. The molecule has 42 heavy (non-hydrogen) atoms. The zero-order chi connectivity index (χ0) is 30.2. The fourth-order valence-electron chi connectivity index (χ4n) is 3.48. The molecule has 0 radical (unpaired) electrons. The molecule has 14 nitrogen and oxygen atoms in total. The Morgan fingerprint density at radius 3 is 2.79 bits per heavy atom. The molecule has 0 spiro atoms. The third-order valence-corrected chi connectivity index (χ3v) is 9.51. The zero-order valence-electron chi connectivity index (χ0n) is 21.8. The van der Waals surface area contributed by atoms with Gasteiger partial charge in [0.25, 0.3) is 5.91 Å². The Morgan fingerprint density at radius 1 is 1.38 bits per heavy atom. The van der Waals surface area contributed by atoms with E-state index in [-0.39, 0.29) is 35.1 Å². The number of carbonyl (C=O) groups is 3. The first kappa shape index (κ1) is 30.8. The molecule has 0 unspecified atom stereocenters. The number of hydrogen-bond acceptors (Lipinski definition) is 15. The van der Waals surface area contributed by atoms with Crippen LogP contribution < -0.4 is 15.4 Å². The second kappa shape index (κ2) is 14.2. The number of thiazole rings is 1. The maximum atomic E-state index is 11.8. The van der Waals surface area contributed by atoms with E-state index in [0.717, 1.165) is 39.8 Å². The molecule has 0 saturated carbocycles. The van der Waals surface area contributed by atoms with E-state index in [2.05, 4.69) is 30.9 Å². The number of carbonyl (C=O) groups excluding carboxylic acids is 3. The van der Waals surface area contributed by atoms with E-state index in [9.17, 15) is 19.5 Å². The molecule has 1 atom stereocenters. The molecule has 3 aromatic heterocycles. The summed E-state index contributed by atoms with van der Waals surface area (Å²) in [5, 5.41) is 24.0. The molecule has 218 valence electrons. The van der Waals surface area contributed by atoms with Crippen LogP contribution in [0, 0.1) is 5.41 Å². The molecule has 3 aromatic rings. The summed E-state index contributed by atoms with van der Waals surface area (Å²) in [6, 6.07) is 3.96. The number of nitrogens with two attached hydrogens (primary N) is 1. The Labute approximate surface area is 255 Å². The van der Waals surface area contributed by atoms with Crippen LogP contribution in [-0.4, -0.2) is 60.3 Å². The van der Waals surface area contributed by atoms with E-state index >= 15 is 0 Å². The Balaban J connectivity index is 0.000000209. The number of primary amides is 1. The number of ether oxygens (including phenoxy) is 1. The van der Waals surface area contributed by atoms with Crippen molar-refractivity contribution in [3.05, 3.63) is 64.2 Å². The summed E-state index contributed by atoms with van der Waals surface area (Å²) in [7, 11) is 1.95. The van der Waals surface area contributed by atoms with Crippen LogP contribution in [0.25, 0.3) is 11.3 Å². The molecule has 1 fully saturated rings. The number of aliphatic carboxylic acids is 1. The molecule has 18 heteroatoms. The third kappa shape index (κ3) is 7.38. The van der Waals surface area contributed by atoms with Crippen LogP contribution in [0.15, 0.2) is 62.8 Å². The van der Waals surface area contributed by atoms with Crippen LogP contribution in [0.3, 0.4) is 0 Å². The lowest BCUT2D eigenvalue weighted by Gasteiger charge is -2.45.